The van der Waals surface area contributed by atoms with Gasteiger partial charge in [-0.2, -0.15) is 4.80 Å². The van der Waals surface area contributed by atoms with Crippen LogP contribution in [0.4, 0.5) is 11.4 Å². The first-order chi connectivity index (χ1) is 15.8. The lowest BCUT2D eigenvalue weighted by atomic mass is 10.1. The Kier molecular flexibility index (Phi) is 6.19. The number of anilines is 1. The number of nitrogens with zero attached hydrogens (tertiary/aromatic N) is 4. The molecule has 0 fully saturated rings. The van der Waals surface area contributed by atoms with Crippen LogP contribution in [0.5, 0.6) is 0 Å². The third-order valence-electron chi connectivity index (χ3n) is 5.15. The number of halogens is 1. The van der Waals surface area contributed by atoms with E-state index in [9.17, 15) is 14.9 Å². The van der Waals surface area contributed by atoms with Crippen LogP contribution in [0.3, 0.4) is 0 Å². The largest absolute Gasteiger partial charge is 0.322 e. The Bertz CT molecular complexity index is 1390. The van der Waals surface area contributed by atoms with E-state index in [-0.39, 0.29) is 16.6 Å². The van der Waals surface area contributed by atoms with Gasteiger partial charge in [0.2, 0.25) is 5.91 Å². The molecule has 33 heavy (non-hydrogen) atoms. The molecular weight excluding hydrogens is 442 g/mol. The highest BCUT2D eigenvalue weighted by Crippen LogP contribution is 2.26. The van der Waals surface area contributed by atoms with E-state index in [4.69, 9.17) is 11.6 Å². The highest BCUT2D eigenvalue weighted by atomic mass is 35.5. The molecule has 0 aliphatic carbocycles. The highest BCUT2D eigenvalue weighted by Gasteiger charge is 2.12. The second-order valence-corrected chi connectivity index (χ2v) is 7.86. The zero-order chi connectivity index (χ0) is 23.5. The summed E-state index contributed by atoms with van der Waals surface area (Å²) in [5.74, 6) is -0.377. The number of carbonyl (C=O) groups excluding carboxylic acids is 1. The number of carbonyl (C=O) groups is 1. The van der Waals surface area contributed by atoms with E-state index >= 15 is 0 Å². The van der Waals surface area contributed by atoms with Gasteiger partial charge in [-0.15, -0.1) is 10.2 Å². The predicted molar refractivity (Wildman–Crippen MR) is 129 cm³/mol. The van der Waals surface area contributed by atoms with Crippen molar-refractivity contribution in [3.63, 3.8) is 0 Å². The number of fused-ring (bicyclic) bond motifs is 1. The summed E-state index contributed by atoms with van der Waals surface area (Å²) in [5, 5.41) is 23.0. The molecule has 8 nitrogen and oxygen atoms in total. The minimum atomic E-state index is -0.566. The number of rotatable bonds is 6. The molecule has 0 unspecified atom stereocenters. The van der Waals surface area contributed by atoms with Gasteiger partial charge >= 0.3 is 0 Å². The van der Waals surface area contributed by atoms with E-state index in [0.717, 1.165) is 17.7 Å². The van der Waals surface area contributed by atoms with E-state index in [0.29, 0.717) is 22.3 Å². The Balaban J connectivity index is 1.54. The maximum Gasteiger partial charge on any atom is 0.288 e. The van der Waals surface area contributed by atoms with Crippen molar-refractivity contribution < 1.29 is 9.72 Å². The predicted octanol–water partition coefficient (Wildman–Crippen LogP) is 5.50. The van der Waals surface area contributed by atoms with Crippen LogP contribution in [0.2, 0.25) is 5.02 Å². The minimum absolute atomic E-state index is 0.0416. The maximum absolute atomic E-state index is 12.4. The molecule has 1 amide bonds. The molecule has 0 spiro atoms. The quantitative estimate of drug-likeness (QED) is 0.232. The second-order valence-electron chi connectivity index (χ2n) is 7.46. The van der Waals surface area contributed by atoms with Crippen LogP contribution in [0.1, 0.15) is 23.6 Å². The lowest BCUT2D eigenvalue weighted by Gasteiger charge is -2.05. The zero-order valence-electron chi connectivity index (χ0n) is 17.9. The van der Waals surface area contributed by atoms with Gasteiger partial charge in [-0.25, -0.2) is 0 Å². The third kappa shape index (κ3) is 4.91. The van der Waals surface area contributed by atoms with Crippen LogP contribution in [-0.2, 0) is 11.2 Å². The molecule has 0 atom stereocenters. The first-order valence-electron chi connectivity index (χ1n) is 10.2. The molecule has 0 radical (unpaired) electrons. The molecule has 0 aliphatic heterocycles. The van der Waals surface area contributed by atoms with Gasteiger partial charge < -0.3 is 5.32 Å². The molecule has 1 heterocycles. The summed E-state index contributed by atoms with van der Waals surface area (Å²) in [6, 6.07) is 16.0. The number of nitro groups is 1. The second kappa shape index (κ2) is 9.22. The van der Waals surface area contributed by atoms with Gasteiger partial charge in [-0.3, -0.25) is 14.9 Å². The molecule has 9 heteroatoms. The molecule has 3 aromatic carbocycles. The van der Waals surface area contributed by atoms with Gasteiger partial charge in [-0.05, 0) is 66.4 Å². The monoisotopic (exact) mass is 461 g/mol. The van der Waals surface area contributed by atoms with Crippen molar-refractivity contribution in [1.82, 2.24) is 15.0 Å². The van der Waals surface area contributed by atoms with E-state index < -0.39 is 4.92 Å². The molecule has 4 aromatic rings. The van der Waals surface area contributed by atoms with E-state index in [1.54, 1.807) is 16.9 Å². The van der Waals surface area contributed by atoms with Crippen molar-refractivity contribution in [2.75, 3.05) is 5.32 Å². The Labute approximate surface area is 194 Å². The van der Waals surface area contributed by atoms with E-state index in [1.807, 2.05) is 37.3 Å². The van der Waals surface area contributed by atoms with Gasteiger partial charge in [0, 0.05) is 17.8 Å². The van der Waals surface area contributed by atoms with Crippen molar-refractivity contribution in [3.8, 4) is 5.69 Å². The Morgan fingerprint density at radius 1 is 1.12 bits per heavy atom. The molecule has 1 aromatic heterocycles. The third-order valence-corrected chi connectivity index (χ3v) is 5.47. The first-order valence-corrected chi connectivity index (χ1v) is 10.6. The van der Waals surface area contributed by atoms with Crippen molar-refractivity contribution in [1.29, 1.82) is 0 Å². The Morgan fingerprint density at radius 2 is 1.82 bits per heavy atom. The van der Waals surface area contributed by atoms with E-state index in [1.165, 1.54) is 29.8 Å². The minimum Gasteiger partial charge on any atom is -0.322 e. The maximum atomic E-state index is 12.4. The average molecular weight is 462 g/mol. The van der Waals surface area contributed by atoms with Crippen LogP contribution in [0.25, 0.3) is 22.8 Å². The van der Waals surface area contributed by atoms with Crippen molar-refractivity contribution >= 4 is 46.0 Å². The number of hydrogen-bond donors (Lipinski definition) is 1. The van der Waals surface area contributed by atoms with Gasteiger partial charge in [0.05, 0.1) is 10.6 Å². The molecule has 0 saturated heterocycles. The Hall–Kier alpha value is -4.04. The highest BCUT2D eigenvalue weighted by molar-refractivity contribution is 6.32. The van der Waals surface area contributed by atoms with Gasteiger partial charge in [0.1, 0.15) is 16.1 Å². The zero-order valence-corrected chi connectivity index (χ0v) is 18.7. The first kappa shape index (κ1) is 22.2. The van der Waals surface area contributed by atoms with Gasteiger partial charge in [-0.1, -0.05) is 36.7 Å². The van der Waals surface area contributed by atoms with Gasteiger partial charge in [0.25, 0.3) is 5.69 Å². The number of nitrogens with one attached hydrogen (secondary N) is 1. The number of hydrogen-bond acceptors (Lipinski definition) is 5. The molecule has 0 aliphatic rings. The normalized spacial score (nSPS) is 11.2. The molecule has 166 valence electrons. The molecule has 0 bridgehead atoms. The smallest absolute Gasteiger partial charge is 0.288 e. The number of nitro benzene ring substituents is 1. The fourth-order valence-corrected chi connectivity index (χ4v) is 3.49. The number of aryl methyl sites for hydroxylation is 2. The fourth-order valence-electron chi connectivity index (χ4n) is 3.30. The SMILES string of the molecule is CCc1ccc(-n2nc3cc(C)c(NC(=O)/C=C/c4ccc(Cl)c([N+](=O)[O-])c4)cc3n2)cc1. The molecular formula is C24H20ClN5O3. The summed E-state index contributed by atoms with van der Waals surface area (Å²) in [6.07, 6.45) is 3.76. The van der Waals surface area contributed by atoms with E-state index in [2.05, 4.69) is 22.4 Å². The number of benzene rings is 3. The van der Waals surface area contributed by atoms with Crippen LogP contribution < -0.4 is 5.32 Å². The lowest BCUT2D eigenvalue weighted by Crippen LogP contribution is -2.09. The van der Waals surface area contributed by atoms with Crippen molar-refractivity contribution in [3.05, 3.63) is 92.5 Å². The van der Waals surface area contributed by atoms with Crippen LogP contribution >= 0.6 is 11.6 Å². The van der Waals surface area contributed by atoms with Crippen molar-refractivity contribution in [2.45, 2.75) is 20.3 Å². The summed E-state index contributed by atoms with van der Waals surface area (Å²) in [6.45, 7) is 3.97. The molecule has 1 N–H and O–H groups in total. The summed E-state index contributed by atoms with van der Waals surface area (Å²) < 4.78 is 0. The topological polar surface area (TPSA) is 103 Å². The van der Waals surface area contributed by atoms with Crippen LogP contribution in [0.15, 0.2) is 60.7 Å². The summed E-state index contributed by atoms with van der Waals surface area (Å²) in [5.41, 5.74) is 5.16. The van der Waals surface area contributed by atoms with Crippen molar-refractivity contribution in [2.24, 2.45) is 0 Å². The lowest BCUT2D eigenvalue weighted by molar-refractivity contribution is -0.384. The number of amides is 1. The summed E-state index contributed by atoms with van der Waals surface area (Å²) >= 11 is 5.82. The number of aromatic nitrogens is 3. The van der Waals surface area contributed by atoms with Crippen LogP contribution in [0, 0.1) is 17.0 Å². The molecule has 0 saturated carbocycles. The average Bonchev–Trinajstić information content (AvgIpc) is 3.21. The fraction of sp³-hybridized carbons (Fsp3) is 0.125. The van der Waals surface area contributed by atoms with Crippen LogP contribution in [-0.4, -0.2) is 25.8 Å². The Morgan fingerprint density at radius 3 is 2.48 bits per heavy atom. The van der Waals surface area contributed by atoms with Gasteiger partial charge in [0.15, 0.2) is 0 Å². The summed E-state index contributed by atoms with van der Waals surface area (Å²) in [7, 11) is 0. The summed E-state index contributed by atoms with van der Waals surface area (Å²) in [4.78, 5) is 24.5. The standard InChI is InChI=1S/C24H20ClN5O3/c1-3-16-4-8-18(9-5-16)29-27-21-12-15(2)20(14-22(21)28-29)26-24(31)11-7-17-6-10-19(25)23(13-17)30(32)33/h4-14H,3H2,1-2H3,(H,26,31)/b11-7+. The molecule has 4 rings (SSSR count).